The summed E-state index contributed by atoms with van der Waals surface area (Å²) >= 11 is 2.94. The van der Waals surface area contributed by atoms with Gasteiger partial charge in [0.2, 0.25) is 5.91 Å². The van der Waals surface area contributed by atoms with Crippen LogP contribution in [0.4, 0.5) is 9.59 Å². The topological polar surface area (TPSA) is 193 Å². The minimum atomic E-state index is -0.984. The van der Waals surface area contributed by atoms with Gasteiger partial charge in [-0.3, -0.25) is 19.9 Å². The minimum Gasteiger partial charge on any atom is -0.444 e. The molecule has 15 nitrogen and oxygen atoms in total. The molecule has 0 saturated carbocycles. The molecular formula is C40H53N9O6S2. The zero-order chi connectivity index (χ0) is 41.0. The average Bonchev–Trinajstić information content (AvgIpc) is 3.91. The van der Waals surface area contributed by atoms with Gasteiger partial charge in [-0.15, -0.1) is 22.7 Å². The van der Waals surface area contributed by atoms with Crippen molar-refractivity contribution in [2.45, 2.75) is 89.6 Å². The number of carbonyl (C=O) groups excluding carboxylic acids is 3. The molecule has 0 aliphatic carbocycles. The second kappa shape index (κ2) is 23.5. The number of nitrogens with one attached hydrogen (secondary N) is 5. The highest BCUT2D eigenvalue weighted by Crippen LogP contribution is 2.20. The maximum Gasteiger partial charge on any atom is 0.407 e. The molecule has 57 heavy (non-hydrogen) atoms. The first-order chi connectivity index (χ1) is 27.5. The summed E-state index contributed by atoms with van der Waals surface area (Å²) in [5, 5.41) is 28.8. The number of nitro groups is 1. The minimum absolute atomic E-state index is 0.113. The van der Waals surface area contributed by atoms with Crippen molar-refractivity contribution in [3.63, 3.8) is 0 Å². The van der Waals surface area contributed by atoms with E-state index in [1.165, 1.54) is 27.6 Å². The fourth-order valence-electron chi connectivity index (χ4n) is 5.92. The second-order valence-corrected chi connectivity index (χ2v) is 15.7. The third-order valence-electron chi connectivity index (χ3n) is 8.99. The van der Waals surface area contributed by atoms with E-state index in [1.807, 2.05) is 66.0 Å². The third kappa shape index (κ3) is 16.2. The van der Waals surface area contributed by atoms with Crippen LogP contribution in [0.25, 0.3) is 0 Å². The van der Waals surface area contributed by atoms with Gasteiger partial charge in [-0.05, 0) is 49.7 Å². The molecule has 0 saturated heterocycles. The summed E-state index contributed by atoms with van der Waals surface area (Å²) in [5.41, 5.74) is 4.58. The number of thiazole rings is 2. The van der Waals surface area contributed by atoms with Crippen molar-refractivity contribution in [3.8, 4) is 0 Å². The zero-order valence-electron chi connectivity index (χ0n) is 32.8. The molecule has 0 radical (unpaired) electrons. The Hall–Kier alpha value is -5.55. The third-order valence-corrected chi connectivity index (χ3v) is 10.9. The highest BCUT2D eigenvalue weighted by Gasteiger charge is 2.26. The number of carbonyl (C=O) groups is 3. The first kappa shape index (κ1) is 44.2. The van der Waals surface area contributed by atoms with E-state index >= 15 is 0 Å². The molecule has 0 aliphatic heterocycles. The molecule has 2 heterocycles. The van der Waals surface area contributed by atoms with Crippen molar-refractivity contribution >= 4 is 40.7 Å². The molecular weight excluding hydrogens is 767 g/mol. The van der Waals surface area contributed by atoms with Crippen LogP contribution in [0.1, 0.15) is 72.2 Å². The number of alkyl carbamates (subject to hydrolysis) is 1. The lowest BCUT2D eigenvalue weighted by atomic mass is 9.96. The summed E-state index contributed by atoms with van der Waals surface area (Å²) in [7, 11) is 3.19. The number of benzene rings is 2. The normalized spacial score (nSPS) is 12.9. The van der Waals surface area contributed by atoms with Crippen LogP contribution in [0, 0.1) is 10.1 Å². The number of hydrogen-bond donors (Lipinski definition) is 5. The van der Waals surface area contributed by atoms with Crippen LogP contribution < -0.4 is 26.6 Å². The van der Waals surface area contributed by atoms with E-state index in [-0.39, 0.29) is 49.9 Å². The number of nitrogens with zero attached hydrogens (tertiary/aromatic N) is 4. The predicted octanol–water partition coefficient (Wildman–Crippen LogP) is 5.94. The average molecular weight is 820 g/mol. The molecule has 0 unspecified atom stereocenters. The smallest absolute Gasteiger partial charge is 0.407 e. The number of rotatable bonds is 23. The van der Waals surface area contributed by atoms with Gasteiger partial charge in [0.15, 0.2) is 5.82 Å². The highest BCUT2D eigenvalue weighted by molar-refractivity contribution is 7.09. The summed E-state index contributed by atoms with van der Waals surface area (Å²) in [6.45, 7) is 4.63. The highest BCUT2D eigenvalue weighted by atomic mass is 32.1. The molecule has 3 atom stereocenters. The lowest BCUT2D eigenvalue weighted by Crippen LogP contribution is -2.53. The van der Waals surface area contributed by atoms with E-state index in [4.69, 9.17) is 4.74 Å². The zero-order valence-corrected chi connectivity index (χ0v) is 34.4. The van der Waals surface area contributed by atoms with Crippen LogP contribution in [0.5, 0.6) is 0 Å². The molecule has 4 amide bonds. The molecule has 0 spiro atoms. The molecule has 306 valence electrons. The number of amides is 4. The van der Waals surface area contributed by atoms with Gasteiger partial charge in [0.1, 0.15) is 12.6 Å². The molecule has 5 N–H and O–H groups in total. The lowest BCUT2D eigenvalue weighted by Gasteiger charge is -2.27. The second-order valence-electron chi connectivity index (χ2n) is 13.9. The van der Waals surface area contributed by atoms with Gasteiger partial charge in [0, 0.05) is 50.2 Å². The first-order valence-electron chi connectivity index (χ1n) is 18.9. The summed E-state index contributed by atoms with van der Waals surface area (Å²) in [6.07, 6.45) is 4.92. The Kier molecular flexibility index (Phi) is 18.2. The van der Waals surface area contributed by atoms with Crippen LogP contribution in [-0.2, 0) is 35.5 Å². The van der Waals surface area contributed by atoms with E-state index in [0.29, 0.717) is 32.1 Å². The first-order valence-corrected chi connectivity index (χ1v) is 20.7. The van der Waals surface area contributed by atoms with Crippen molar-refractivity contribution in [1.29, 1.82) is 0 Å². The predicted molar refractivity (Wildman–Crippen MR) is 222 cm³/mol. The van der Waals surface area contributed by atoms with E-state index in [1.54, 1.807) is 25.8 Å². The summed E-state index contributed by atoms with van der Waals surface area (Å²) in [4.78, 5) is 62.2. The Balaban J connectivity index is 1.50. The Morgan fingerprint density at radius 3 is 2.26 bits per heavy atom. The van der Waals surface area contributed by atoms with Crippen LogP contribution in [0.15, 0.2) is 89.8 Å². The van der Waals surface area contributed by atoms with Crippen LogP contribution in [0.3, 0.4) is 0 Å². The molecule has 4 aromatic rings. The van der Waals surface area contributed by atoms with Gasteiger partial charge in [-0.2, -0.15) is 0 Å². The molecule has 0 aliphatic rings. The summed E-state index contributed by atoms with van der Waals surface area (Å²) in [6, 6.07) is 17.7. The van der Waals surface area contributed by atoms with Crippen molar-refractivity contribution in [2.24, 2.45) is 0 Å². The van der Waals surface area contributed by atoms with E-state index in [0.717, 1.165) is 32.9 Å². The van der Waals surface area contributed by atoms with E-state index in [2.05, 4.69) is 50.4 Å². The largest absolute Gasteiger partial charge is 0.444 e. The number of hydrogen-bond acceptors (Lipinski definition) is 12. The fraction of sp³-hybridized carbons (Fsp3) is 0.425. The Labute approximate surface area is 341 Å². The SMILES string of the molecule is CN/C(=C\[N+](=O)[O-])NCC[C@H](NC(=O)N(C)Cc1csc(C(C)C)n1)C(=O)N[C@H](CCc1ccccc1)CC[C@@H](Cc1ccccc1)NC(=O)OCc1cncs1. The Morgan fingerprint density at radius 2 is 1.63 bits per heavy atom. The lowest BCUT2D eigenvalue weighted by molar-refractivity contribution is -0.404. The van der Waals surface area contributed by atoms with Crippen molar-refractivity contribution in [1.82, 2.24) is 41.5 Å². The van der Waals surface area contributed by atoms with E-state index in [9.17, 15) is 24.5 Å². The monoisotopic (exact) mass is 819 g/mol. The molecule has 2 aromatic heterocycles. The quantitative estimate of drug-likeness (QED) is 0.0442. The number of ether oxygens (including phenoxy) is 1. The van der Waals surface area contributed by atoms with Gasteiger partial charge < -0.3 is 36.2 Å². The summed E-state index contributed by atoms with van der Waals surface area (Å²) < 4.78 is 5.50. The molecule has 4 rings (SSSR count). The molecule has 0 bridgehead atoms. The number of aromatic nitrogens is 2. The van der Waals surface area contributed by atoms with Crippen molar-refractivity contribution in [3.05, 3.63) is 127 Å². The van der Waals surface area contributed by atoms with Gasteiger partial charge in [0.25, 0.3) is 6.20 Å². The maximum atomic E-state index is 14.2. The van der Waals surface area contributed by atoms with Gasteiger partial charge in [-0.1, -0.05) is 74.5 Å². The van der Waals surface area contributed by atoms with E-state index < -0.39 is 29.0 Å². The standard InChI is InChI=1S/C40H53N9O6S2/c1-28(2)38-45-33(26-56-38)23-48(4)39(51)47-35(19-20-43-36(41-3)24-49(53)54)37(50)44-31(16-15-29-11-7-5-8-12-29)17-18-32(21-30-13-9-6-10-14-30)46-40(52)55-25-34-22-42-27-57-34/h5-14,22,24,26-28,31-32,35,41,43H,15-21,23,25H2,1-4H3,(H,44,50)(H,46,52)(H,47,51)/b36-24+/t31-,32+,35+/m1/s1. The van der Waals surface area contributed by atoms with Crippen molar-refractivity contribution in [2.75, 3.05) is 20.6 Å². The van der Waals surface area contributed by atoms with Gasteiger partial charge in [0.05, 0.1) is 32.6 Å². The molecule has 0 fully saturated rings. The van der Waals surface area contributed by atoms with Crippen LogP contribution >= 0.6 is 22.7 Å². The maximum absolute atomic E-state index is 14.2. The van der Waals surface area contributed by atoms with Crippen LogP contribution in [0.2, 0.25) is 0 Å². The van der Waals surface area contributed by atoms with Crippen molar-refractivity contribution < 1.29 is 24.0 Å². The Morgan fingerprint density at radius 1 is 0.930 bits per heavy atom. The number of urea groups is 1. The fourth-order valence-corrected chi connectivity index (χ4v) is 7.25. The van der Waals surface area contributed by atoms with Crippen LogP contribution in [-0.4, -0.2) is 76.6 Å². The number of aryl methyl sites for hydroxylation is 1. The molecule has 2 aromatic carbocycles. The Bertz CT molecular complexity index is 1860. The summed E-state index contributed by atoms with van der Waals surface area (Å²) in [5.74, 6) is 0.0288. The molecule has 17 heteroatoms. The van der Waals surface area contributed by atoms with Gasteiger partial charge in [-0.25, -0.2) is 14.6 Å². The van der Waals surface area contributed by atoms with Gasteiger partial charge >= 0.3 is 12.1 Å².